The maximum absolute atomic E-state index is 4.99. The molecule has 3 aromatic heterocycles. The Labute approximate surface area is 190 Å². The predicted molar refractivity (Wildman–Crippen MR) is 126 cm³/mol. The summed E-state index contributed by atoms with van der Waals surface area (Å²) < 4.78 is 2.82. The van der Waals surface area contributed by atoms with Crippen LogP contribution in [0.2, 0.25) is 0 Å². The van der Waals surface area contributed by atoms with Crippen molar-refractivity contribution in [2.75, 3.05) is 29.9 Å². The molecular formula is C22H27BrN6S. The van der Waals surface area contributed by atoms with Crippen LogP contribution in [0.3, 0.4) is 0 Å². The molecule has 0 aliphatic carbocycles. The average Bonchev–Trinajstić information content (AvgIpc) is 3.20. The van der Waals surface area contributed by atoms with Crippen LogP contribution in [-0.4, -0.2) is 55.1 Å². The molecule has 2 aliphatic rings. The molecule has 2 saturated heterocycles. The first-order valence-corrected chi connectivity index (χ1v) is 12.7. The van der Waals surface area contributed by atoms with Crippen molar-refractivity contribution in [3.05, 3.63) is 52.5 Å². The van der Waals surface area contributed by atoms with Crippen LogP contribution in [0.25, 0.3) is 5.65 Å². The Balaban J connectivity index is 1.33. The van der Waals surface area contributed by atoms with Gasteiger partial charge in [0.1, 0.15) is 5.82 Å². The van der Waals surface area contributed by atoms with Crippen LogP contribution >= 0.6 is 27.7 Å². The number of hydrogen-bond acceptors (Lipinski definition) is 6. The second-order valence-corrected chi connectivity index (χ2v) is 10.2. The van der Waals surface area contributed by atoms with E-state index in [-0.39, 0.29) is 0 Å². The van der Waals surface area contributed by atoms with Crippen molar-refractivity contribution in [1.82, 2.24) is 24.5 Å². The van der Waals surface area contributed by atoms with Crippen LogP contribution in [0.1, 0.15) is 42.9 Å². The number of fused-ring (bicyclic) bond motifs is 1. The molecule has 2 fully saturated rings. The third-order valence-corrected chi connectivity index (χ3v) is 7.91. The number of anilines is 1. The van der Waals surface area contributed by atoms with Crippen molar-refractivity contribution in [2.45, 2.75) is 44.2 Å². The highest BCUT2D eigenvalue weighted by Gasteiger charge is 2.28. The molecule has 3 aromatic rings. The molecular weight excluding hydrogens is 460 g/mol. The van der Waals surface area contributed by atoms with Gasteiger partial charge in [0.15, 0.2) is 5.65 Å². The van der Waals surface area contributed by atoms with Crippen molar-refractivity contribution < 1.29 is 0 Å². The van der Waals surface area contributed by atoms with E-state index >= 15 is 0 Å². The quantitative estimate of drug-likeness (QED) is 0.569. The monoisotopic (exact) mass is 486 g/mol. The first-order valence-electron chi connectivity index (χ1n) is 10.8. The summed E-state index contributed by atoms with van der Waals surface area (Å²) in [5.41, 5.74) is 3.21. The average molecular weight is 487 g/mol. The molecule has 5 rings (SSSR count). The minimum atomic E-state index is 0.505. The van der Waals surface area contributed by atoms with E-state index in [0.29, 0.717) is 12.5 Å². The summed E-state index contributed by atoms with van der Waals surface area (Å²) in [5.74, 6) is 4.13. The van der Waals surface area contributed by atoms with Gasteiger partial charge in [-0.05, 0) is 77.8 Å². The van der Waals surface area contributed by atoms with Gasteiger partial charge in [0, 0.05) is 42.7 Å². The Bertz CT molecular complexity index is 980. The molecule has 5 heterocycles. The largest absolute Gasteiger partial charge is 0.366 e. The summed E-state index contributed by atoms with van der Waals surface area (Å²) in [4.78, 5) is 11.9. The van der Waals surface area contributed by atoms with Crippen LogP contribution in [0.5, 0.6) is 0 Å². The standard InChI is InChI=1S/C22H27BrN6S/c23-19-15-26-29-21(25-14-16-2-1-7-24-13-16)12-20(27-22(19)29)17-3-8-28(9-4-17)18-5-10-30-11-6-18/h1-2,7,12-13,15,17-18,25H,3-6,8-11,14H2. The third kappa shape index (κ3) is 4.36. The van der Waals surface area contributed by atoms with Gasteiger partial charge >= 0.3 is 0 Å². The maximum Gasteiger partial charge on any atom is 0.171 e. The van der Waals surface area contributed by atoms with Gasteiger partial charge in [-0.15, -0.1) is 0 Å². The third-order valence-electron chi connectivity index (χ3n) is 6.30. The van der Waals surface area contributed by atoms with Gasteiger partial charge in [0.05, 0.1) is 10.7 Å². The van der Waals surface area contributed by atoms with Gasteiger partial charge in [-0.3, -0.25) is 4.98 Å². The molecule has 0 aromatic carbocycles. The zero-order valence-corrected chi connectivity index (χ0v) is 19.4. The lowest BCUT2D eigenvalue weighted by atomic mass is 9.91. The fraction of sp³-hybridized carbons (Fsp3) is 0.500. The van der Waals surface area contributed by atoms with E-state index in [1.54, 1.807) is 6.20 Å². The smallest absolute Gasteiger partial charge is 0.171 e. The van der Waals surface area contributed by atoms with Crippen molar-refractivity contribution in [1.29, 1.82) is 0 Å². The van der Waals surface area contributed by atoms with Gasteiger partial charge in [0.2, 0.25) is 0 Å². The highest BCUT2D eigenvalue weighted by Crippen LogP contribution is 2.33. The van der Waals surface area contributed by atoms with E-state index in [2.05, 4.69) is 60.1 Å². The number of hydrogen-bond donors (Lipinski definition) is 1. The lowest BCUT2D eigenvalue weighted by molar-refractivity contribution is 0.143. The van der Waals surface area contributed by atoms with E-state index in [1.165, 1.54) is 56.0 Å². The summed E-state index contributed by atoms with van der Waals surface area (Å²) >= 11 is 5.73. The number of aromatic nitrogens is 4. The molecule has 1 N–H and O–H groups in total. The first kappa shape index (κ1) is 20.3. The molecule has 158 valence electrons. The summed E-state index contributed by atoms with van der Waals surface area (Å²) in [6.45, 7) is 3.08. The van der Waals surface area contributed by atoms with Crippen molar-refractivity contribution in [3.63, 3.8) is 0 Å². The normalized spacial score (nSPS) is 19.4. The van der Waals surface area contributed by atoms with E-state index in [4.69, 9.17) is 4.98 Å². The Hall–Kier alpha value is -1.64. The van der Waals surface area contributed by atoms with E-state index < -0.39 is 0 Å². The number of piperidine rings is 1. The minimum absolute atomic E-state index is 0.505. The number of rotatable bonds is 5. The summed E-state index contributed by atoms with van der Waals surface area (Å²) in [6.07, 6.45) is 10.6. The Kier molecular flexibility index (Phi) is 6.24. The predicted octanol–water partition coefficient (Wildman–Crippen LogP) is 4.57. The first-order chi connectivity index (χ1) is 14.8. The number of nitrogens with zero attached hydrogens (tertiary/aromatic N) is 5. The topological polar surface area (TPSA) is 58.4 Å². The Morgan fingerprint density at radius 1 is 1.13 bits per heavy atom. The number of thioether (sulfide) groups is 1. The summed E-state index contributed by atoms with van der Waals surface area (Å²) in [6, 6.07) is 7.04. The molecule has 0 amide bonds. The van der Waals surface area contributed by atoms with Gasteiger partial charge < -0.3 is 10.2 Å². The highest BCUT2D eigenvalue weighted by atomic mass is 79.9. The van der Waals surface area contributed by atoms with Crippen molar-refractivity contribution >= 4 is 39.2 Å². The van der Waals surface area contributed by atoms with E-state index in [9.17, 15) is 0 Å². The fourth-order valence-corrected chi connectivity index (χ4v) is 6.03. The second-order valence-electron chi connectivity index (χ2n) is 8.16. The lowest BCUT2D eigenvalue weighted by Gasteiger charge is -2.39. The van der Waals surface area contributed by atoms with Crippen LogP contribution in [0, 0.1) is 0 Å². The fourth-order valence-electron chi connectivity index (χ4n) is 4.60. The van der Waals surface area contributed by atoms with Gasteiger partial charge in [-0.2, -0.15) is 21.4 Å². The molecule has 30 heavy (non-hydrogen) atoms. The molecule has 6 nitrogen and oxygen atoms in total. The zero-order valence-electron chi connectivity index (χ0n) is 17.0. The van der Waals surface area contributed by atoms with Crippen LogP contribution in [0.15, 0.2) is 41.3 Å². The van der Waals surface area contributed by atoms with Crippen molar-refractivity contribution in [2.24, 2.45) is 0 Å². The van der Waals surface area contributed by atoms with E-state index in [1.807, 2.05) is 23.0 Å². The zero-order chi connectivity index (χ0) is 20.3. The molecule has 0 radical (unpaired) electrons. The second kappa shape index (κ2) is 9.24. The number of nitrogens with one attached hydrogen (secondary N) is 1. The van der Waals surface area contributed by atoms with Crippen molar-refractivity contribution in [3.8, 4) is 0 Å². The van der Waals surface area contributed by atoms with Crippen LogP contribution < -0.4 is 5.32 Å². The van der Waals surface area contributed by atoms with E-state index in [0.717, 1.165) is 27.5 Å². The molecule has 0 spiro atoms. The van der Waals surface area contributed by atoms with Gasteiger partial charge in [-0.25, -0.2) is 4.98 Å². The molecule has 2 aliphatic heterocycles. The number of halogens is 1. The lowest BCUT2D eigenvalue weighted by Crippen LogP contribution is -2.42. The van der Waals surface area contributed by atoms with Crippen LogP contribution in [-0.2, 0) is 6.54 Å². The number of pyridine rings is 1. The SMILES string of the molecule is Brc1cnn2c(NCc3cccnc3)cc(C3CCN(C4CCSCC4)CC3)nc12. The molecule has 0 unspecified atom stereocenters. The molecule has 0 bridgehead atoms. The minimum Gasteiger partial charge on any atom is -0.366 e. The summed E-state index contributed by atoms with van der Waals surface area (Å²) in [7, 11) is 0. The van der Waals surface area contributed by atoms with Crippen LogP contribution in [0.4, 0.5) is 5.82 Å². The molecule has 8 heteroatoms. The van der Waals surface area contributed by atoms with Gasteiger partial charge in [0.25, 0.3) is 0 Å². The Morgan fingerprint density at radius 3 is 2.73 bits per heavy atom. The molecule has 0 saturated carbocycles. The maximum atomic E-state index is 4.99. The highest BCUT2D eigenvalue weighted by molar-refractivity contribution is 9.10. The Morgan fingerprint density at radius 2 is 1.97 bits per heavy atom. The summed E-state index contributed by atoms with van der Waals surface area (Å²) in [5, 5.41) is 8.05. The van der Waals surface area contributed by atoms with Gasteiger partial charge in [-0.1, -0.05) is 6.07 Å². The molecule has 0 atom stereocenters. The number of likely N-dealkylation sites (tertiary alicyclic amines) is 1.